The first-order valence-electron chi connectivity index (χ1n) is 7.44. The first-order chi connectivity index (χ1) is 11.3. The third kappa shape index (κ3) is 2.85. The summed E-state index contributed by atoms with van der Waals surface area (Å²) in [7, 11) is -3.01. The second kappa shape index (κ2) is 6.67. The van der Waals surface area contributed by atoms with E-state index in [0.29, 0.717) is 5.31 Å². The van der Waals surface area contributed by atoms with Crippen molar-refractivity contribution in [2.75, 3.05) is 0 Å². The molecule has 3 rings (SSSR count). The fourth-order valence-corrected chi connectivity index (χ4v) is 5.41. The van der Waals surface area contributed by atoms with Crippen molar-refractivity contribution < 1.29 is 4.57 Å². The molecule has 0 aliphatic rings. The van der Waals surface area contributed by atoms with Gasteiger partial charge in [-0.2, -0.15) is 0 Å². The van der Waals surface area contributed by atoms with Gasteiger partial charge >= 0.3 is 0 Å². The Bertz CT molecular complexity index is 833. The van der Waals surface area contributed by atoms with E-state index < -0.39 is 7.14 Å². The van der Waals surface area contributed by atoms with Crippen molar-refractivity contribution in [2.45, 2.75) is 0 Å². The fraction of sp³-hybridized carbons (Fsp3) is 0. The van der Waals surface area contributed by atoms with Gasteiger partial charge in [-0.3, -0.25) is 0 Å². The van der Waals surface area contributed by atoms with Crippen LogP contribution in [0.4, 0.5) is 0 Å². The zero-order valence-corrected chi connectivity index (χ0v) is 13.6. The molecule has 0 aliphatic carbocycles. The van der Waals surface area contributed by atoms with Gasteiger partial charge in [0.1, 0.15) is 0 Å². The second-order valence-corrected chi connectivity index (χ2v) is 7.87. The van der Waals surface area contributed by atoms with Gasteiger partial charge in [-0.25, -0.2) is 0 Å². The SMILES string of the molecule is C=C=C(c1ccccc1)P(=O)(c1ccccc1)c1ccccc1. The molecule has 0 atom stereocenters. The highest BCUT2D eigenvalue weighted by Crippen LogP contribution is 2.55. The Balaban J connectivity index is 2.29. The van der Waals surface area contributed by atoms with Gasteiger partial charge in [0.2, 0.25) is 0 Å². The summed E-state index contributed by atoms with van der Waals surface area (Å²) >= 11 is 0. The van der Waals surface area contributed by atoms with Crippen LogP contribution < -0.4 is 10.6 Å². The Morgan fingerprint density at radius 1 is 0.696 bits per heavy atom. The van der Waals surface area contributed by atoms with Crippen LogP contribution in [0.2, 0.25) is 0 Å². The summed E-state index contributed by atoms with van der Waals surface area (Å²) in [5.74, 6) is 0. The highest BCUT2D eigenvalue weighted by molar-refractivity contribution is 7.87. The lowest BCUT2D eigenvalue weighted by Gasteiger charge is -2.21. The third-order valence-electron chi connectivity index (χ3n) is 3.77. The second-order valence-electron chi connectivity index (χ2n) is 5.17. The van der Waals surface area contributed by atoms with Gasteiger partial charge in [0.25, 0.3) is 0 Å². The number of hydrogen-bond donors (Lipinski definition) is 0. The molecule has 2 heteroatoms. The van der Waals surface area contributed by atoms with E-state index in [-0.39, 0.29) is 0 Å². The van der Waals surface area contributed by atoms with Gasteiger partial charge < -0.3 is 4.57 Å². The van der Waals surface area contributed by atoms with Crippen LogP contribution in [0.15, 0.2) is 103 Å². The molecule has 0 unspecified atom stereocenters. The van der Waals surface area contributed by atoms with Crippen LogP contribution in [0.1, 0.15) is 5.56 Å². The van der Waals surface area contributed by atoms with Crippen LogP contribution in [-0.4, -0.2) is 0 Å². The number of rotatable bonds is 4. The van der Waals surface area contributed by atoms with E-state index in [4.69, 9.17) is 0 Å². The lowest BCUT2D eigenvalue weighted by atomic mass is 10.2. The smallest absolute Gasteiger partial charge is 0.178 e. The van der Waals surface area contributed by atoms with Crippen molar-refractivity contribution in [3.63, 3.8) is 0 Å². The van der Waals surface area contributed by atoms with Gasteiger partial charge in [0.15, 0.2) is 7.14 Å². The predicted molar refractivity (Wildman–Crippen MR) is 98.7 cm³/mol. The summed E-state index contributed by atoms with van der Waals surface area (Å²) < 4.78 is 14.2. The van der Waals surface area contributed by atoms with Crippen molar-refractivity contribution in [2.24, 2.45) is 0 Å². The van der Waals surface area contributed by atoms with E-state index in [1.807, 2.05) is 91.0 Å². The summed E-state index contributed by atoms with van der Waals surface area (Å²) in [4.78, 5) is 0. The van der Waals surface area contributed by atoms with Crippen LogP contribution in [0, 0.1) is 0 Å². The Morgan fingerprint density at radius 3 is 1.48 bits per heavy atom. The molecule has 23 heavy (non-hydrogen) atoms. The average Bonchev–Trinajstić information content (AvgIpc) is 2.64. The molecule has 0 fully saturated rings. The quantitative estimate of drug-likeness (QED) is 0.498. The van der Waals surface area contributed by atoms with Crippen LogP contribution >= 0.6 is 7.14 Å². The molecule has 0 bridgehead atoms. The standard InChI is InChI=1S/C21H17OP/c1-2-21(18-12-6-3-7-13-18)23(22,19-14-8-4-9-15-19)20-16-10-5-11-17-20/h3-17H,1H2. The number of benzene rings is 3. The van der Waals surface area contributed by atoms with E-state index >= 15 is 0 Å². The molecule has 112 valence electrons. The summed E-state index contributed by atoms with van der Waals surface area (Å²) in [6.07, 6.45) is 0. The first-order valence-corrected chi connectivity index (χ1v) is 9.15. The minimum absolute atomic E-state index is 0.649. The van der Waals surface area contributed by atoms with Gasteiger partial charge in [-0.05, 0) is 5.56 Å². The van der Waals surface area contributed by atoms with Gasteiger partial charge in [-0.1, -0.05) is 97.6 Å². The maximum atomic E-state index is 14.2. The Kier molecular flexibility index (Phi) is 4.44. The first kappa shape index (κ1) is 15.3. The molecule has 3 aromatic rings. The molecule has 0 amide bonds. The minimum atomic E-state index is -3.01. The largest absolute Gasteiger partial charge is 0.308 e. The van der Waals surface area contributed by atoms with E-state index in [1.54, 1.807) is 0 Å². The highest BCUT2D eigenvalue weighted by Gasteiger charge is 2.32. The summed E-state index contributed by atoms with van der Waals surface area (Å²) in [6.45, 7) is 3.82. The van der Waals surface area contributed by atoms with Crippen LogP contribution in [-0.2, 0) is 4.57 Å². The van der Waals surface area contributed by atoms with Crippen molar-refractivity contribution in [1.29, 1.82) is 0 Å². The monoisotopic (exact) mass is 316 g/mol. The summed E-state index contributed by atoms with van der Waals surface area (Å²) in [6, 6.07) is 28.9. The molecule has 0 radical (unpaired) electrons. The van der Waals surface area contributed by atoms with Crippen molar-refractivity contribution in [1.82, 2.24) is 0 Å². The average molecular weight is 316 g/mol. The van der Waals surface area contributed by atoms with Crippen LogP contribution in [0.3, 0.4) is 0 Å². The van der Waals surface area contributed by atoms with Crippen LogP contribution in [0.25, 0.3) is 5.31 Å². The van der Waals surface area contributed by atoms with Gasteiger partial charge in [-0.15, -0.1) is 5.73 Å². The topological polar surface area (TPSA) is 17.1 Å². The maximum Gasteiger partial charge on any atom is 0.178 e. The zero-order chi connectivity index (χ0) is 16.1. The van der Waals surface area contributed by atoms with Crippen molar-refractivity contribution in [3.8, 4) is 0 Å². The van der Waals surface area contributed by atoms with Crippen LogP contribution in [0.5, 0.6) is 0 Å². The molecule has 0 aromatic heterocycles. The Hall–Kier alpha value is -2.59. The number of hydrogen-bond acceptors (Lipinski definition) is 1. The molecule has 1 nitrogen and oxygen atoms in total. The maximum absolute atomic E-state index is 14.2. The molecule has 0 aliphatic heterocycles. The van der Waals surface area contributed by atoms with E-state index in [1.165, 1.54) is 0 Å². The lowest BCUT2D eigenvalue weighted by molar-refractivity contribution is 0.593. The normalized spacial score (nSPS) is 10.8. The van der Waals surface area contributed by atoms with Crippen molar-refractivity contribution >= 4 is 23.1 Å². The lowest BCUT2D eigenvalue weighted by Crippen LogP contribution is -2.16. The Labute approximate surface area is 137 Å². The fourth-order valence-electron chi connectivity index (χ4n) is 2.67. The van der Waals surface area contributed by atoms with Crippen molar-refractivity contribution in [3.05, 3.63) is 109 Å². The molecule has 0 saturated carbocycles. The zero-order valence-electron chi connectivity index (χ0n) is 12.7. The molecule has 0 spiro atoms. The molecule has 0 N–H and O–H groups in total. The minimum Gasteiger partial charge on any atom is -0.308 e. The molecule has 3 aromatic carbocycles. The van der Waals surface area contributed by atoms with E-state index in [2.05, 4.69) is 12.3 Å². The highest BCUT2D eigenvalue weighted by atomic mass is 31.2. The van der Waals surface area contributed by atoms with Gasteiger partial charge in [0.05, 0.1) is 5.31 Å². The van der Waals surface area contributed by atoms with E-state index in [9.17, 15) is 4.57 Å². The van der Waals surface area contributed by atoms with Gasteiger partial charge in [0, 0.05) is 10.6 Å². The molecular formula is C21H17OP. The summed E-state index contributed by atoms with van der Waals surface area (Å²) in [5, 5.41) is 2.23. The third-order valence-corrected chi connectivity index (χ3v) is 6.87. The van der Waals surface area contributed by atoms with E-state index in [0.717, 1.165) is 16.2 Å². The molecular weight excluding hydrogens is 299 g/mol. The Morgan fingerprint density at radius 2 is 1.09 bits per heavy atom. The molecule has 0 saturated heterocycles. The summed E-state index contributed by atoms with van der Waals surface area (Å²) in [5.41, 5.74) is 3.85. The predicted octanol–water partition coefficient (Wildman–Crippen LogP) is 4.83. The molecule has 0 heterocycles.